The van der Waals surface area contributed by atoms with E-state index in [-0.39, 0.29) is 11.8 Å². The highest BCUT2D eigenvalue weighted by Gasteiger charge is 2.16. The average Bonchev–Trinajstić information content (AvgIpc) is 2.90. The number of rotatable bonds is 4. The van der Waals surface area contributed by atoms with Crippen LogP contribution >= 0.6 is 0 Å². The molecule has 1 aliphatic heterocycles. The number of ketones is 1. The summed E-state index contributed by atoms with van der Waals surface area (Å²) < 4.78 is 5.24. The molecule has 5 heteroatoms. The number of carbonyl (C=O) groups excluding carboxylic acids is 2. The van der Waals surface area contributed by atoms with Crippen LogP contribution < -0.4 is 10.6 Å². The zero-order chi connectivity index (χ0) is 13.7. The predicted molar refractivity (Wildman–Crippen MR) is 72.4 cm³/mol. The third-order valence-electron chi connectivity index (χ3n) is 3.12. The summed E-state index contributed by atoms with van der Waals surface area (Å²) in [6, 6.07) is 6.60. The smallest absolute Gasteiger partial charge is 0.319 e. The Morgan fingerprint density at radius 1 is 1.32 bits per heavy atom. The lowest BCUT2D eigenvalue weighted by Gasteiger charge is -2.10. The molecule has 1 aliphatic rings. The van der Waals surface area contributed by atoms with Crippen molar-refractivity contribution >= 4 is 17.5 Å². The van der Waals surface area contributed by atoms with E-state index in [0.29, 0.717) is 30.3 Å². The quantitative estimate of drug-likeness (QED) is 0.816. The lowest BCUT2D eigenvalue weighted by Crippen LogP contribution is -2.33. The van der Waals surface area contributed by atoms with Gasteiger partial charge >= 0.3 is 6.03 Å². The van der Waals surface area contributed by atoms with Crippen molar-refractivity contribution in [2.45, 2.75) is 13.3 Å². The van der Waals surface area contributed by atoms with Crippen LogP contribution in [0.5, 0.6) is 0 Å². The molecule has 0 saturated carbocycles. The number of nitrogens with one attached hydrogen (secondary N) is 2. The highest BCUT2D eigenvalue weighted by atomic mass is 16.5. The summed E-state index contributed by atoms with van der Waals surface area (Å²) in [6.45, 7) is 3.63. The van der Waals surface area contributed by atoms with Gasteiger partial charge < -0.3 is 15.4 Å². The molecule has 1 unspecified atom stereocenters. The van der Waals surface area contributed by atoms with E-state index >= 15 is 0 Å². The van der Waals surface area contributed by atoms with Gasteiger partial charge in [0.2, 0.25) is 0 Å². The molecule has 2 rings (SSSR count). The molecule has 1 aromatic rings. The van der Waals surface area contributed by atoms with E-state index in [1.165, 1.54) is 6.92 Å². The van der Waals surface area contributed by atoms with Crippen molar-refractivity contribution in [2.75, 3.05) is 25.1 Å². The number of Topliss-reactive ketones (excluding diaryl/α,β-unsaturated/α-hetero) is 1. The number of anilines is 1. The Hall–Kier alpha value is -1.88. The predicted octanol–water partition coefficient (Wildman–Crippen LogP) is 2.05. The normalized spacial score (nSPS) is 18.1. The fourth-order valence-corrected chi connectivity index (χ4v) is 1.94. The van der Waals surface area contributed by atoms with Gasteiger partial charge in [0.25, 0.3) is 0 Å². The summed E-state index contributed by atoms with van der Waals surface area (Å²) in [5.74, 6) is 0.420. The number of amides is 2. The van der Waals surface area contributed by atoms with Crippen molar-refractivity contribution < 1.29 is 14.3 Å². The molecule has 2 N–H and O–H groups in total. The summed E-state index contributed by atoms with van der Waals surface area (Å²) in [4.78, 5) is 22.8. The molecule has 1 heterocycles. The number of hydrogen-bond donors (Lipinski definition) is 2. The third kappa shape index (κ3) is 4.06. The molecule has 0 aromatic heterocycles. The van der Waals surface area contributed by atoms with Crippen LogP contribution in [0.4, 0.5) is 10.5 Å². The maximum Gasteiger partial charge on any atom is 0.319 e. The topological polar surface area (TPSA) is 67.4 Å². The first kappa shape index (κ1) is 13.5. The van der Waals surface area contributed by atoms with Crippen molar-refractivity contribution in [3.05, 3.63) is 29.8 Å². The summed E-state index contributed by atoms with van der Waals surface area (Å²) in [5.41, 5.74) is 1.30. The molecular formula is C14H18N2O3. The van der Waals surface area contributed by atoms with E-state index in [2.05, 4.69) is 10.6 Å². The van der Waals surface area contributed by atoms with Crippen molar-refractivity contribution in [1.29, 1.82) is 0 Å². The van der Waals surface area contributed by atoms with Crippen LogP contribution in [0.2, 0.25) is 0 Å². The van der Waals surface area contributed by atoms with Crippen LogP contribution in [0.1, 0.15) is 23.7 Å². The Bertz CT molecular complexity index is 450. The summed E-state index contributed by atoms with van der Waals surface area (Å²) >= 11 is 0. The molecule has 5 nitrogen and oxygen atoms in total. The summed E-state index contributed by atoms with van der Waals surface area (Å²) in [5, 5.41) is 5.54. The molecule has 1 aromatic carbocycles. The molecule has 1 atom stereocenters. The van der Waals surface area contributed by atoms with E-state index in [1.807, 2.05) is 0 Å². The van der Waals surface area contributed by atoms with Crippen molar-refractivity contribution in [2.24, 2.45) is 5.92 Å². The minimum atomic E-state index is -0.234. The highest BCUT2D eigenvalue weighted by molar-refractivity contribution is 5.95. The largest absolute Gasteiger partial charge is 0.381 e. The highest BCUT2D eigenvalue weighted by Crippen LogP contribution is 2.12. The van der Waals surface area contributed by atoms with Crippen molar-refractivity contribution in [3.8, 4) is 0 Å². The second kappa shape index (κ2) is 6.33. The zero-order valence-electron chi connectivity index (χ0n) is 10.9. The van der Waals surface area contributed by atoms with Crippen molar-refractivity contribution in [3.63, 3.8) is 0 Å². The molecule has 19 heavy (non-hydrogen) atoms. The molecule has 0 spiro atoms. The number of ether oxygens (including phenoxy) is 1. The van der Waals surface area contributed by atoms with Crippen LogP contribution in [0.3, 0.4) is 0 Å². The average molecular weight is 262 g/mol. The van der Waals surface area contributed by atoms with Gasteiger partial charge in [-0.1, -0.05) is 0 Å². The van der Waals surface area contributed by atoms with Crippen molar-refractivity contribution in [1.82, 2.24) is 5.32 Å². The minimum absolute atomic E-state index is 0.0113. The Balaban J connectivity index is 1.79. The van der Waals surface area contributed by atoms with Gasteiger partial charge in [-0.2, -0.15) is 0 Å². The maximum atomic E-state index is 11.7. The van der Waals surface area contributed by atoms with Gasteiger partial charge in [0, 0.05) is 30.3 Å². The van der Waals surface area contributed by atoms with E-state index in [4.69, 9.17) is 4.74 Å². The third-order valence-corrected chi connectivity index (χ3v) is 3.12. The van der Waals surface area contributed by atoms with E-state index < -0.39 is 0 Å². The lowest BCUT2D eigenvalue weighted by atomic mass is 10.1. The molecule has 1 saturated heterocycles. The Morgan fingerprint density at radius 2 is 2.05 bits per heavy atom. The molecule has 0 radical (unpaired) electrons. The van der Waals surface area contributed by atoms with Crippen LogP contribution in [0.25, 0.3) is 0 Å². The first-order valence-electron chi connectivity index (χ1n) is 6.39. The summed E-state index contributed by atoms with van der Waals surface area (Å²) in [7, 11) is 0. The maximum absolute atomic E-state index is 11.7. The van der Waals surface area contributed by atoms with Crippen LogP contribution in [0, 0.1) is 5.92 Å². The molecule has 102 valence electrons. The summed E-state index contributed by atoms with van der Waals surface area (Å²) in [6.07, 6.45) is 0.994. The van der Waals surface area contributed by atoms with Gasteiger partial charge in [0.15, 0.2) is 5.78 Å². The second-order valence-electron chi connectivity index (χ2n) is 4.70. The minimum Gasteiger partial charge on any atom is -0.381 e. The van der Waals surface area contributed by atoms with Crippen LogP contribution in [-0.4, -0.2) is 31.6 Å². The van der Waals surface area contributed by atoms with Gasteiger partial charge in [0.1, 0.15) is 0 Å². The monoisotopic (exact) mass is 262 g/mol. The molecule has 0 aliphatic carbocycles. The zero-order valence-corrected chi connectivity index (χ0v) is 10.9. The number of benzene rings is 1. The lowest BCUT2D eigenvalue weighted by molar-refractivity contribution is 0.101. The van der Waals surface area contributed by atoms with Gasteiger partial charge in [-0.25, -0.2) is 4.79 Å². The molecule has 2 amide bonds. The Labute approximate surface area is 112 Å². The fourth-order valence-electron chi connectivity index (χ4n) is 1.94. The Kier molecular flexibility index (Phi) is 4.52. The number of carbonyl (C=O) groups is 2. The van der Waals surface area contributed by atoms with Crippen LogP contribution in [0.15, 0.2) is 24.3 Å². The van der Waals surface area contributed by atoms with Gasteiger partial charge in [-0.15, -0.1) is 0 Å². The number of hydrogen-bond acceptors (Lipinski definition) is 3. The number of urea groups is 1. The van der Waals surface area contributed by atoms with E-state index in [1.54, 1.807) is 24.3 Å². The van der Waals surface area contributed by atoms with E-state index in [9.17, 15) is 9.59 Å². The molecular weight excluding hydrogens is 244 g/mol. The van der Waals surface area contributed by atoms with E-state index in [0.717, 1.165) is 13.0 Å². The standard InChI is InChI=1S/C14H18N2O3/c1-10(17)12-2-4-13(5-3-12)16-14(18)15-8-11-6-7-19-9-11/h2-5,11H,6-9H2,1H3,(H2,15,16,18). The second-order valence-corrected chi connectivity index (χ2v) is 4.70. The molecule has 0 bridgehead atoms. The van der Waals surface area contributed by atoms with Gasteiger partial charge in [-0.05, 0) is 37.6 Å². The van der Waals surface area contributed by atoms with Gasteiger partial charge in [-0.3, -0.25) is 4.79 Å². The van der Waals surface area contributed by atoms with Gasteiger partial charge in [0.05, 0.1) is 6.61 Å². The molecule has 1 fully saturated rings. The first-order valence-corrected chi connectivity index (χ1v) is 6.39. The fraction of sp³-hybridized carbons (Fsp3) is 0.429. The Morgan fingerprint density at radius 3 is 2.63 bits per heavy atom. The SMILES string of the molecule is CC(=O)c1ccc(NC(=O)NCC2CCOC2)cc1. The first-order chi connectivity index (χ1) is 9.15. The van der Waals surface area contributed by atoms with Crippen LogP contribution in [-0.2, 0) is 4.74 Å².